The molecule has 0 heterocycles. The van der Waals surface area contributed by atoms with Gasteiger partial charge in [-0.05, 0) is 42.8 Å². The summed E-state index contributed by atoms with van der Waals surface area (Å²) in [7, 11) is 0. The quantitative estimate of drug-likeness (QED) is 0.516. The van der Waals surface area contributed by atoms with Crippen molar-refractivity contribution >= 4 is 23.2 Å². The van der Waals surface area contributed by atoms with Gasteiger partial charge in [-0.3, -0.25) is 5.41 Å². The van der Waals surface area contributed by atoms with E-state index in [1.165, 1.54) is 24.3 Å². The van der Waals surface area contributed by atoms with Crippen LogP contribution < -0.4 is 16.4 Å². The number of carbonyl (C=O) groups is 1. The maximum absolute atomic E-state index is 12.8. The van der Waals surface area contributed by atoms with E-state index in [0.717, 1.165) is 5.56 Å². The van der Waals surface area contributed by atoms with Gasteiger partial charge in [0, 0.05) is 16.9 Å². The molecule has 0 fully saturated rings. The lowest BCUT2D eigenvalue weighted by Crippen LogP contribution is -2.20. The Kier molecular flexibility index (Phi) is 4.18. The summed E-state index contributed by atoms with van der Waals surface area (Å²) in [6, 6.07) is 10.1. The number of aryl methyl sites for hydroxylation is 1. The number of nitrogens with one attached hydrogen (secondary N) is 3. The number of urea groups is 1. The Hall–Kier alpha value is -2.89. The monoisotopic (exact) mass is 286 g/mol. The molecule has 0 unspecified atom stereocenters. The number of anilines is 2. The zero-order valence-electron chi connectivity index (χ0n) is 11.4. The minimum Gasteiger partial charge on any atom is -0.384 e. The van der Waals surface area contributed by atoms with E-state index in [0.29, 0.717) is 16.9 Å². The van der Waals surface area contributed by atoms with E-state index >= 15 is 0 Å². The van der Waals surface area contributed by atoms with Crippen molar-refractivity contribution in [3.63, 3.8) is 0 Å². The number of amides is 2. The first kappa shape index (κ1) is 14.5. The molecule has 108 valence electrons. The molecular formula is C15H15FN4O. The fraction of sp³-hybridized carbons (Fsp3) is 0.0667. The lowest BCUT2D eigenvalue weighted by Gasteiger charge is -2.11. The molecule has 0 atom stereocenters. The first-order valence-corrected chi connectivity index (χ1v) is 6.24. The largest absolute Gasteiger partial charge is 0.384 e. The number of hydrogen-bond donors (Lipinski definition) is 4. The van der Waals surface area contributed by atoms with Crippen molar-refractivity contribution in [1.82, 2.24) is 0 Å². The summed E-state index contributed by atoms with van der Waals surface area (Å²) >= 11 is 0. The zero-order chi connectivity index (χ0) is 15.4. The van der Waals surface area contributed by atoms with Gasteiger partial charge in [0.15, 0.2) is 0 Å². The van der Waals surface area contributed by atoms with E-state index in [9.17, 15) is 9.18 Å². The second kappa shape index (κ2) is 6.04. The van der Waals surface area contributed by atoms with Gasteiger partial charge in [-0.15, -0.1) is 0 Å². The van der Waals surface area contributed by atoms with Crippen LogP contribution in [0.1, 0.15) is 11.1 Å². The van der Waals surface area contributed by atoms with Crippen molar-refractivity contribution in [2.24, 2.45) is 5.73 Å². The van der Waals surface area contributed by atoms with E-state index < -0.39 is 6.03 Å². The maximum Gasteiger partial charge on any atom is 0.323 e. The summed E-state index contributed by atoms with van der Waals surface area (Å²) in [5.41, 5.74) is 7.83. The van der Waals surface area contributed by atoms with Gasteiger partial charge < -0.3 is 16.4 Å². The first-order valence-electron chi connectivity index (χ1n) is 6.24. The number of nitrogens with two attached hydrogens (primary N) is 1. The highest BCUT2D eigenvalue weighted by molar-refractivity contribution is 6.02. The Labute approximate surface area is 121 Å². The van der Waals surface area contributed by atoms with Crippen LogP contribution in [-0.2, 0) is 0 Å². The van der Waals surface area contributed by atoms with Crippen molar-refractivity contribution in [2.75, 3.05) is 10.6 Å². The maximum atomic E-state index is 12.8. The molecule has 5 nitrogen and oxygen atoms in total. The van der Waals surface area contributed by atoms with Gasteiger partial charge in [0.05, 0.1) is 0 Å². The van der Waals surface area contributed by atoms with Gasteiger partial charge in [0.2, 0.25) is 0 Å². The van der Waals surface area contributed by atoms with Crippen LogP contribution >= 0.6 is 0 Å². The molecule has 0 saturated heterocycles. The summed E-state index contributed by atoms with van der Waals surface area (Å²) in [6.45, 7) is 1.83. The van der Waals surface area contributed by atoms with Crippen LogP contribution in [0.2, 0.25) is 0 Å². The molecule has 0 aliphatic carbocycles. The highest BCUT2D eigenvalue weighted by Gasteiger charge is 2.07. The minimum atomic E-state index is -0.453. The summed E-state index contributed by atoms with van der Waals surface area (Å²) < 4.78 is 12.8. The average Bonchev–Trinajstić information content (AvgIpc) is 2.43. The topological polar surface area (TPSA) is 91.0 Å². The Balaban J connectivity index is 2.10. The fourth-order valence-corrected chi connectivity index (χ4v) is 1.74. The second-order valence-electron chi connectivity index (χ2n) is 4.53. The van der Waals surface area contributed by atoms with Gasteiger partial charge >= 0.3 is 6.03 Å². The number of rotatable bonds is 3. The van der Waals surface area contributed by atoms with Gasteiger partial charge in [-0.1, -0.05) is 12.1 Å². The highest BCUT2D eigenvalue weighted by atomic mass is 19.1. The molecule has 0 saturated carbocycles. The van der Waals surface area contributed by atoms with E-state index in [1.54, 1.807) is 18.2 Å². The molecule has 2 rings (SSSR count). The average molecular weight is 286 g/mol. The number of carbonyl (C=O) groups excluding carboxylic acids is 1. The van der Waals surface area contributed by atoms with Crippen molar-refractivity contribution in [1.29, 1.82) is 5.41 Å². The van der Waals surface area contributed by atoms with Crippen molar-refractivity contribution in [3.05, 3.63) is 59.4 Å². The third-order valence-corrected chi connectivity index (χ3v) is 2.90. The molecular weight excluding hydrogens is 271 g/mol. The SMILES string of the molecule is Cc1ccc(C(=N)N)cc1NC(=O)Nc1ccc(F)cc1. The van der Waals surface area contributed by atoms with E-state index in [4.69, 9.17) is 11.1 Å². The number of nitrogen functional groups attached to an aromatic ring is 1. The first-order chi connectivity index (χ1) is 9.95. The molecule has 0 aliphatic rings. The Morgan fingerprint density at radius 1 is 1.14 bits per heavy atom. The molecule has 2 amide bonds. The predicted molar refractivity (Wildman–Crippen MR) is 81.2 cm³/mol. The van der Waals surface area contributed by atoms with Crippen LogP contribution in [0.25, 0.3) is 0 Å². The number of amidine groups is 1. The smallest absolute Gasteiger partial charge is 0.323 e. The zero-order valence-corrected chi connectivity index (χ0v) is 11.4. The molecule has 0 spiro atoms. The standard InChI is InChI=1S/C15H15FN4O/c1-9-2-3-10(14(17)18)8-13(9)20-15(21)19-12-6-4-11(16)5-7-12/h2-8H,1H3,(H3,17,18)(H2,19,20,21). The Morgan fingerprint density at radius 3 is 2.43 bits per heavy atom. The van der Waals surface area contributed by atoms with Crippen molar-refractivity contribution in [3.8, 4) is 0 Å². The van der Waals surface area contributed by atoms with Gasteiger partial charge in [0.25, 0.3) is 0 Å². The molecule has 0 bridgehead atoms. The second-order valence-corrected chi connectivity index (χ2v) is 4.53. The molecule has 0 aliphatic heterocycles. The molecule has 0 aromatic heterocycles. The van der Waals surface area contributed by atoms with Crippen molar-refractivity contribution in [2.45, 2.75) is 6.92 Å². The van der Waals surface area contributed by atoms with Crippen LogP contribution in [0.5, 0.6) is 0 Å². The van der Waals surface area contributed by atoms with Gasteiger partial charge in [-0.2, -0.15) is 0 Å². The van der Waals surface area contributed by atoms with Crippen LogP contribution in [-0.4, -0.2) is 11.9 Å². The predicted octanol–water partition coefficient (Wildman–Crippen LogP) is 3.06. The number of halogens is 1. The van der Waals surface area contributed by atoms with E-state index in [1.807, 2.05) is 6.92 Å². The van der Waals surface area contributed by atoms with Crippen LogP contribution in [0.3, 0.4) is 0 Å². The summed E-state index contributed by atoms with van der Waals surface area (Å²) in [4.78, 5) is 11.9. The summed E-state index contributed by atoms with van der Waals surface area (Å²) in [5.74, 6) is -0.442. The number of hydrogen-bond acceptors (Lipinski definition) is 2. The van der Waals surface area contributed by atoms with Crippen LogP contribution in [0.15, 0.2) is 42.5 Å². The molecule has 2 aromatic rings. The lowest BCUT2D eigenvalue weighted by atomic mass is 10.1. The number of benzene rings is 2. The van der Waals surface area contributed by atoms with Gasteiger partial charge in [0.1, 0.15) is 11.7 Å². The van der Waals surface area contributed by atoms with Crippen LogP contribution in [0, 0.1) is 18.2 Å². The van der Waals surface area contributed by atoms with Crippen molar-refractivity contribution < 1.29 is 9.18 Å². The van der Waals surface area contributed by atoms with E-state index in [-0.39, 0.29) is 11.7 Å². The fourth-order valence-electron chi connectivity index (χ4n) is 1.74. The highest BCUT2D eigenvalue weighted by Crippen LogP contribution is 2.17. The van der Waals surface area contributed by atoms with Gasteiger partial charge in [-0.25, -0.2) is 9.18 Å². The molecule has 21 heavy (non-hydrogen) atoms. The normalized spacial score (nSPS) is 10.0. The molecule has 5 N–H and O–H groups in total. The van der Waals surface area contributed by atoms with E-state index in [2.05, 4.69) is 10.6 Å². The molecule has 0 radical (unpaired) electrons. The third-order valence-electron chi connectivity index (χ3n) is 2.90. The Morgan fingerprint density at radius 2 is 1.81 bits per heavy atom. The molecule has 6 heteroatoms. The Bertz CT molecular complexity index is 683. The lowest BCUT2D eigenvalue weighted by molar-refractivity contribution is 0.262. The minimum absolute atomic E-state index is 0.0722. The van der Waals surface area contributed by atoms with Crippen LogP contribution in [0.4, 0.5) is 20.6 Å². The third kappa shape index (κ3) is 3.79. The molecule has 2 aromatic carbocycles. The summed E-state index contributed by atoms with van der Waals surface area (Å²) in [6.07, 6.45) is 0. The summed E-state index contributed by atoms with van der Waals surface area (Å²) in [5, 5.41) is 12.7.